The van der Waals surface area contributed by atoms with Crippen LogP contribution < -0.4 is 15.4 Å². The third-order valence-electron chi connectivity index (χ3n) is 4.88. The second kappa shape index (κ2) is 9.21. The third kappa shape index (κ3) is 4.88. The number of fused-ring (bicyclic) bond motifs is 1. The summed E-state index contributed by atoms with van der Waals surface area (Å²) in [6.07, 6.45) is 3.32. The monoisotopic (exact) mass is 366 g/mol. The summed E-state index contributed by atoms with van der Waals surface area (Å²) >= 11 is 0. The molecule has 1 aliphatic rings. The quantitative estimate of drug-likeness (QED) is 0.791. The number of ether oxygens (including phenoxy) is 1. The van der Waals surface area contributed by atoms with Crippen molar-refractivity contribution in [3.63, 3.8) is 0 Å². The van der Waals surface area contributed by atoms with E-state index in [-0.39, 0.29) is 18.4 Å². The van der Waals surface area contributed by atoms with Gasteiger partial charge >= 0.3 is 0 Å². The van der Waals surface area contributed by atoms with Gasteiger partial charge in [-0.2, -0.15) is 0 Å². The van der Waals surface area contributed by atoms with Crippen molar-refractivity contribution in [2.75, 3.05) is 19.7 Å². The predicted molar refractivity (Wildman–Crippen MR) is 105 cm³/mol. The Morgan fingerprint density at radius 2 is 1.85 bits per heavy atom. The number of rotatable bonds is 7. The molecule has 2 amide bonds. The summed E-state index contributed by atoms with van der Waals surface area (Å²) in [7, 11) is 0. The van der Waals surface area contributed by atoms with E-state index in [4.69, 9.17) is 4.74 Å². The van der Waals surface area contributed by atoms with E-state index in [0.717, 1.165) is 19.3 Å². The molecule has 27 heavy (non-hydrogen) atoms. The molecule has 0 radical (unpaired) electrons. The lowest BCUT2D eigenvalue weighted by molar-refractivity contribution is -0.120. The van der Waals surface area contributed by atoms with Crippen LogP contribution in [0, 0.1) is 0 Å². The Balaban J connectivity index is 1.50. The van der Waals surface area contributed by atoms with Gasteiger partial charge in [-0.25, -0.2) is 0 Å². The van der Waals surface area contributed by atoms with Crippen molar-refractivity contribution in [1.29, 1.82) is 0 Å². The lowest BCUT2D eigenvalue weighted by Gasteiger charge is -2.25. The van der Waals surface area contributed by atoms with E-state index in [2.05, 4.69) is 34.9 Å². The highest BCUT2D eigenvalue weighted by Gasteiger charge is 2.20. The molecule has 0 saturated heterocycles. The van der Waals surface area contributed by atoms with Gasteiger partial charge in [0.25, 0.3) is 5.91 Å². The fourth-order valence-corrected chi connectivity index (χ4v) is 3.56. The van der Waals surface area contributed by atoms with Gasteiger partial charge in [0.05, 0.1) is 18.7 Å². The van der Waals surface area contributed by atoms with Gasteiger partial charge in [-0.05, 0) is 49.4 Å². The number of carbonyl (C=O) groups excluding carboxylic acids is 2. The minimum Gasteiger partial charge on any atom is -0.493 e. The van der Waals surface area contributed by atoms with Crippen molar-refractivity contribution in [2.24, 2.45) is 0 Å². The minimum absolute atomic E-state index is 0.0480. The van der Waals surface area contributed by atoms with E-state index >= 15 is 0 Å². The van der Waals surface area contributed by atoms with Crippen molar-refractivity contribution in [3.8, 4) is 5.75 Å². The maximum Gasteiger partial charge on any atom is 0.255 e. The standard InChI is InChI=1S/C22H26N2O3/c1-2-27-20-13-6-5-12-19(20)22(26)24-15-21(25)23-14-17-10-7-9-16-8-3-4-11-18(16)17/h3-6,8,11-13,17H,2,7,9-10,14-15H2,1H3,(H,23,25)(H,24,26). The van der Waals surface area contributed by atoms with E-state index in [9.17, 15) is 9.59 Å². The molecule has 5 heteroatoms. The van der Waals surface area contributed by atoms with Crippen molar-refractivity contribution < 1.29 is 14.3 Å². The van der Waals surface area contributed by atoms with Crippen molar-refractivity contribution in [2.45, 2.75) is 32.1 Å². The molecule has 142 valence electrons. The summed E-state index contributed by atoms with van der Waals surface area (Å²) < 4.78 is 5.46. The predicted octanol–water partition coefficient (Wildman–Crippen LogP) is 3.05. The molecule has 0 bridgehead atoms. The Morgan fingerprint density at radius 3 is 2.70 bits per heavy atom. The molecular formula is C22H26N2O3. The highest BCUT2D eigenvalue weighted by atomic mass is 16.5. The van der Waals surface area contributed by atoms with Gasteiger partial charge in [-0.3, -0.25) is 9.59 Å². The summed E-state index contributed by atoms with van der Waals surface area (Å²) in [6.45, 7) is 2.90. The highest BCUT2D eigenvalue weighted by molar-refractivity contribution is 5.98. The molecule has 2 aromatic carbocycles. The van der Waals surface area contributed by atoms with Gasteiger partial charge < -0.3 is 15.4 Å². The summed E-state index contributed by atoms with van der Waals surface area (Å²) in [5.74, 6) is 0.377. The van der Waals surface area contributed by atoms with Gasteiger partial charge in [0.2, 0.25) is 5.91 Å². The Morgan fingerprint density at radius 1 is 1.07 bits per heavy atom. The fourth-order valence-electron chi connectivity index (χ4n) is 3.56. The molecule has 2 N–H and O–H groups in total. The van der Waals surface area contributed by atoms with E-state index < -0.39 is 0 Å². The number of aryl methyl sites for hydroxylation is 1. The average molecular weight is 366 g/mol. The Kier molecular flexibility index (Phi) is 6.47. The zero-order valence-corrected chi connectivity index (χ0v) is 15.7. The Labute approximate surface area is 160 Å². The van der Waals surface area contributed by atoms with E-state index in [1.807, 2.05) is 13.0 Å². The smallest absolute Gasteiger partial charge is 0.255 e. The molecule has 0 fully saturated rings. The van der Waals surface area contributed by atoms with Crippen LogP contribution in [-0.4, -0.2) is 31.5 Å². The molecule has 5 nitrogen and oxygen atoms in total. The van der Waals surface area contributed by atoms with Crippen LogP contribution in [0.3, 0.4) is 0 Å². The number of carbonyl (C=O) groups is 2. The SMILES string of the molecule is CCOc1ccccc1C(=O)NCC(=O)NCC1CCCc2ccccc21. The topological polar surface area (TPSA) is 67.4 Å². The van der Waals surface area contributed by atoms with Gasteiger partial charge in [-0.15, -0.1) is 0 Å². The molecule has 1 atom stereocenters. The van der Waals surface area contributed by atoms with Crippen LogP contribution in [0.5, 0.6) is 5.75 Å². The lowest BCUT2D eigenvalue weighted by atomic mass is 9.83. The van der Waals surface area contributed by atoms with Crippen LogP contribution in [0.4, 0.5) is 0 Å². The molecule has 0 heterocycles. The van der Waals surface area contributed by atoms with Crippen molar-refractivity contribution in [1.82, 2.24) is 10.6 Å². The normalized spacial score (nSPS) is 15.5. The average Bonchev–Trinajstić information content (AvgIpc) is 2.71. The minimum atomic E-state index is -0.308. The van der Waals surface area contributed by atoms with Gasteiger partial charge in [-0.1, -0.05) is 36.4 Å². The van der Waals surface area contributed by atoms with E-state index in [1.165, 1.54) is 11.1 Å². The van der Waals surface area contributed by atoms with Crippen molar-refractivity contribution in [3.05, 3.63) is 65.2 Å². The maximum absolute atomic E-state index is 12.3. The molecule has 2 aromatic rings. The first-order valence-corrected chi connectivity index (χ1v) is 9.53. The van der Waals surface area contributed by atoms with Crippen LogP contribution in [0.15, 0.2) is 48.5 Å². The lowest BCUT2D eigenvalue weighted by Crippen LogP contribution is -2.39. The molecule has 1 unspecified atom stereocenters. The third-order valence-corrected chi connectivity index (χ3v) is 4.88. The second-order valence-corrected chi connectivity index (χ2v) is 6.70. The molecule has 0 aromatic heterocycles. The Bertz CT molecular complexity index is 804. The van der Waals surface area contributed by atoms with E-state index in [0.29, 0.717) is 30.4 Å². The van der Waals surface area contributed by atoms with E-state index in [1.54, 1.807) is 18.2 Å². The summed E-state index contributed by atoms with van der Waals surface area (Å²) in [4.78, 5) is 24.5. The number of hydrogen-bond donors (Lipinski definition) is 2. The molecule has 0 spiro atoms. The van der Waals surface area contributed by atoms with Crippen molar-refractivity contribution >= 4 is 11.8 Å². The number of benzene rings is 2. The molecular weight excluding hydrogens is 340 g/mol. The maximum atomic E-state index is 12.3. The number of nitrogens with one attached hydrogen (secondary N) is 2. The zero-order valence-electron chi connectivity index (χ0n) is 15.7. The fraction of sp³-hybridized carbons (Fsp3) is 0.364. The van der Waals surface area contributed by atoms with Gasteiger partial charge in [0, 0.05) is 12.5 Å². The second-order valence-electron chi connectivity index (χ2n) is 6.70. The van der Waals surface area contributed by atoms with Gasteiger partial charge in [0.1, 0.15) is 5.75 Å². The number of amides is 2. The summed E-state index contributed by atoms with van der Waals surface area (Å²) in [6, 6.07) is 15.5. The van der Waals surface area contributed by atoms with Crippen LogP contribution in [0.2, 0.25) is 0 Å². The zero-order chi connectivity index (χ0) is 19.1. The molecule has 1 aliphatic carbocycles. The van der Waals surface area contributed by atoms with Crippen LogP contribution in [0.1, 0.15) is 47.2 Å². The first-order valence-electron chi connectivity index (χ1n) is 9.53. The van der Waals surface area contributed by atoms with Crippen LogP contribution in [-0.2, 0) is 11.2 Å². The first-order chi connectivity index (χ1) is 13.2. The number of para-hydroxylation sites is 1. The molecule has 0 saturated carbocycles. The van der Waals surface area contributed by atoms with Gasteiger partial charge in [0.15, 0.2) is 0 Å². The molecule has 0 aliphatic heterocycles. The largest absolute Gasteiger partial charge is 0.493 e. The van der Waals surface area contributed by atoms with Crippen LogP contribution >= 0.6 is 0 Å². The number of hydrogen-bond acceptors (Lipinski definition) is 3. The van der Waals surface area contributed by atoms with Crippen LogP contribution in [0.25, 0.3) is 0 Å². The summed E-state index contributed by atoms with van der Waals surface area (Å²) in [5.41, 5.74) is 3.15. The Hall–Kier alpha value is -2.82. The molecule has 3 rings (SSSR count). The highest BCUT2D eigenvalue weighted by Crippen LogP contribution is 2.30. The first kappa shape index (κ1) is 19.0. The summed E-state index contributed by atoms with van der Waals surface area (Å²) in [5, 5.41) is 5.63.